The first-order chi connectivity index (χ1) is 13.0. The highest BCUT2D eigenvalue weighted by molar-refractivity contribution is 6.30. The third-order valence-corrected chi connectivity index (χ3v) is 4.52. The molecule has 8 heteroatoms. The van der Waals surface area contributed by atoms with Gasteiger partial charge in [-0.1, -0.05) is 11.6 Å². The first kappa shape index (κ1) is 22.0. The van der Waals surface area contributed by atoms with Gasteiger partial charge in [-0.15, -0.1) is 0 Å². The van der Waals surface area contributed by atoms with Crippen molar-refractivity contribution in [3.05, 3.63) is 28.8 Å². The van der Waals surface area contributed by atoms with Crippen molar-refractivity contribution in [2.45, 2.75) is 46.1 Å². The van der Waals surface area contributed by atoms with Crippen molar-refractivity contribution < 1.29 is 23.9 Å². The Balaban J connectivity index is 1.75. The number of rotatable bonds is 4. The highest BCUT2D eigenvalue weighted by atomic mass is 35.5. The third-order valence-electron chi connectivity index (χ3n) is 4.29. The number of halogens is 1. The van der Waals surface area contributed by atoms with Gasteiger partial charge in [0.05, 0.1) is 5.92 Å². The van der Waals surface area contributed by atoms with Gasteiger partial charge in [0, 0.05) is 23.8 Å². The maximum atomic E-state index is 12.2. The van der Waals surface area contributed by atoms with E-state index in [2.05, 4.69) is 5.32 Å². The van der Waals surface area contributed by atoms with E-state index in [1.807, 2.05) is 27.7 Å². The number of nitrogens with zero attached hydrogens (tertiary/aromatic N) is 1. The zero-order valence-corrected chi connectivity index (χ0v) is 17.5. The normalized spacial score (nSPS) is 15.1. The maximum absolute atomic E-state index is 12.2. The van der Waals surface area contributed by atoms with Crippen LogP contribution in [0.25, 0.3) is 0 Å². The standard InChI is InChI=1S/C20H27ClN2O5/c1-13-11-15(21)5-6-16(13)22-17(24)12-27-18(25)14-7-9-23(10-8-14)19(26)28-20(2,3)4/h5-6,11,14H,7-10,12H2,1-4H3,(H,22,24). The van der Waals surface area contributed by atoms with Crippen LogP contribution in [0.3, 0.4) is 0 Å². The molecule has 1 heterocycles. The summed E-state index contributed by atoms with van der Waals surface area (Å²) in [5, 5.41) is 3.28. The largest absolute Gasteiger partial charge is 0.455 e. The Morgan fingerprint density at radius 1 is 1.21 bits per heavy atom. The number of ether oxygens (including phenoxy) is 2. The predicted molar refractivity (Wildman–Crippen MR) is 106 cm³/mol. The summed E-state index contributed by atoms with van der Waals surface area (Å²) in [5.74, 6) is -1.17. The summed E-state index contributed by atoms with van der Waals surface area (Å²) in [6, 6.07) is 5.11. The zero-order chi connectivity index (χ0) is 20.9. The monoisotopic (exact) mass is 410 g/mol. The van der Waals surface area contributed by atoms with E-state index < -0.39 is 17.5 Å². The molecule has 0 atom stereocenters. The molecule has 1 fully saturated rings. The Hall–Kier alpha value is -2.28. The molecule has 0 saturated carbocycles. The molecule has 154 valence electrons. The molecule has 2 amide bonds. The first-order valence-electron chi connectivity index (χ1n) is 9.26. The molecule has 1 saturated heterocycles. The van der Waals surface area contributed by atoms with E-state index in [1.165, 1.54) is 0 Å². The van der Waals surface area contributed by atoms with E-state index in [4.69, 9.17) is 21.1 Å². The topological polar surface area (TPSA) is 84.9 Å². The highest BCUT2D eigenvalue weighted by Gasteiger charge is 2.30. The summed E-state index contributed by atoms with van der Waals surface area (Å²) >= 11 is 5.89. The van der Waals surface area contributed by atoms with Gasteiger partial charge in [-0.2, -0.15) is 0 Å². The van der Waals surface area contributed by atoms with Crippen molar-refractivity contribution >= 4 is 35.3 Å². The van der Waals surface area contributed by atoms with E-state index in [9.17, 15) is 14.4 Å². The Labute approximate surface area is 170 Å². The minimum absolute atomic E-state index is 0.330. The van der Waals surface area contributed by atoms with Gasteiger partial charge < -0.3 is 19.7 Å². The Bertz CT molecular complexity index is 737. The molecule has 0 aromatic heterocycles. The number of anilines is 1. The number of carbonyl (C=O) groups is 3. The molecule has 0 unspecified atom stereocenters. The number of nitrogens with one attached hydrogen (secondary N) is 1. The molecule has 28 heavy (non-hydrogen) atoms. The van der Waals surface area contributed by atoms with Gasteiger partial charge in [-0.25, -0.2) is 4.79 Å². The van der Waals surface area contributed by atoms with Gasteiger partial charge in [0.1, 0.15) is 5.60 Å². The second-order valence-corrected chi connectivity index (χ2v) is 8.29. The SMILES string of the molecule is Cc1cc(Cl)ccc1NC(=O)COC(=O)C1CCN(C(=O)OC(C)(C)C)CC1. The molecule has 1 aliphatic heterocycles. The Kier molecular flexibility index (Phi) is 7.29. The lowest BCUT2D eigenvalue weighted by molar-refractivity contribution is -0.153. The van der Waals surface area contributed by atoms with Crippen LogP contribution in [0.1, 0.15) is 39.2 Å². The van der Waals surface area contributed by atoms with Crippen LogP contribution in [0.5, 0.6) is 0 Å². The second kappa shape index (κ2) is 9.28. The van der Waals surface area contributed by atoms with Crippen molar-refractivity contribution in [2.24, 2.45) is 5.92 Å². The first-order valence-corrected chi connectivity index (χ1v) is 9.63. The van der Waals surface area contributed by atoms with Crippen molar-refractivity contribution in [1.29, 1.82) is 0 Å². The molecule has 2 rings (SSSR count). The lowest BCUT2D eigenvalue weighted by Crippen LogP contribution is -2.43. The summed E-state index contributed by atoms with van der Waals surface area (Å²) in [7, 11) is 0. The summed E-state index contributed by atoms with van der Waals surface area (Å²) in [4.78, 5) is 37.9. The molecule has 0 radical (unpaired) electrons. The van der Waals surface area contributed by atoms with Gasteiger partial charge in [0.15, 0.2) is 6.61 Å². The zero-order valence-electron chi connectivity index (χ0n) is 16.7. The maximum Gasteiger partial charge on any atom is 0.410 e. The van der Waals surface area contributed by atoms with Crippen LogP contribution in [-0.2, 0) is 19.1 Å². The molecule has 0 aliphatic carbocycles. The molecule has 0 spiro atoms. The number of esters is 1. The van der Waals surface area contributed by atoms with Crippen molar-refractivity contribution in [3.8, 4) is 0 Å². The fraction of sp³-hybridized carbons (Fsp3) is 0.550. The van der Waals surface area contributed by atoms with Crippen LogP contribution in [0.2, 0.25) is 5.02 Å². The molecule has 1 aromatic carbocycles. The van der Waals surface area contributed by atoms with Crippen LogP contribution in [-0.4, -0.2) is 48.2 Å². The summed E-state index contributed by atoms with van der Waals surface area (Å²) in [6.07, 6.45) is 0.587. The van der Waals surface area contributed by atoms with Gasteiger partial charge in [-0.05, 0) is 64.3 Å². The number of piperidine rings is 1. The smallest absolute Gasteiger partial charge is 0.410 e. The Morgan fingerprint density at radius 3 is 2.43 bits per heavy atom. The van der Waals surface area contributed by atoms with Crippen LogP contribution in [0, 0.1) is 12.8 Å². The van der Waals surface area contributed by atoms with Gasteiger partial charge in [0.25, 0.3) is 5.91 Å². The number of aryl methyl sites for hydroxylation is 1. The van der Waals surface area contributed by atoms with E-state index in [0.717, 1.165) is 5.56 Å². The number of hydrogen-bond acceptors (Lipinski definition) is 5. The summed E-state index contributed by atoms with van der Waals surface area (Å²) in [5.41, 5.74) is 0.890. The highest BCUT2D eigenvalue weighted by Crippen LogP contribution is 2.22. The van der Waals surface area contributed by atoms with Gasteiger partial charge in [0.2, 0.25) is 0 Å². The van der Waals surface area contributed by atoms with E-state index in [0.29, 0.717) is 36.6 Å². The Morgan fingerprint density at radius 2 is 1.86 bits per heavy atom. The lowest BCUT2D eigenvalue weighted by Gasteiger charge is -2.32. The van der Waals surface area contributed by atoms with Crippen LogP contribution in [0.15, 0.2) is 18.2 Å². The van der Waals surface area contributed by atoms with Crippen molar-refractivity contribution in [3.63, 3.8) is 0 Å². The third kappa shape index (κ3) is 6.71. The fourth-order valence-electron chi connectivity index (χ4n) is 2.83. The number of benzene rings is 1. The number of amides is 2. The van der Waals surface area contributed by atoms with Crippen molar-refractivity contribution in [2.75, 3.05) is 25.0 Å². The average Bonchev–Trinajstić information content (AvgIpc) is 2.61. The number of hydrogen-bond donors (Lipinski definition) is 1. The van der Waals surface area contributed by atoms with Gasteiger partial charge in [-0.3, -0.25) is 9.59 Å². The average molecular weight is 411 g/mol. The minimum Gasteiger partial charge on any atom is -0.455 e. The van der Waals surface area contributed by atoms with Crippen LogP contribution >= 0.6 is 11.6 Å². The quantitative estimate of drug-likeness (QED) is 0.763. The van der Waals surface area contributed by atoms with E-state index >= 15 is 0 Å². The number of carbonyl (C=O) groups excluding carboxylic acids is 3. The van der Waals surface area contributed by atoms with Gasteiger partial charge >= 0.3 is 12.1 Å². The molecular weight excluding hydrogens is 384 g/mol. The molecule has 1 aliphatic rings. The van der Waals surface area contributed by atoms with E-state index in [1.54, 1.807) is 23.1 Å². The molecule has 7 nitrogen and oxygen atoms in total. The summed E-state index contributed by atoms with van der Waals surface area (Å²) in [6.45, 7) is 7.75. The number of likely N-dealkylation sites (tertiary alicyclic amines) is 1. The van der Waals surface area contributed by atoms with Crippen LogP contribution in [0.4, 0.5) is 10.5 Å². The lowest BCUT2D eigenvalue weighted by atomic mass is 9.97. The molecular formula is C20H27ClN2O5. The van der Waals surface area contributed by atoms with Crippen molar-refractivity contribution in [1.82, 2.24) is 4.90 Å². The molecule has 0 bridgehead atoms. The van der Waals surface area contributed by atoms with E-state index in [-0.39, 0.29) is 18.6 Å². The van der Waals surface area contributed by atoms with Crippen LogP contribution < -0.4 is 5.32 Å². The summed E-state index contributed by atoms with van der Waals surface area (Å²) < 4.78 is 10.5. The predicted octanol–water partition coefficient (Wildman–Crippen LogP) is 3.78. The molecule has 1 N–H and O–H groups in total. The molecule has 1 aromatic rings. The minimum atomic E-state index is -0.553. The fourth-order valence-corrected chi connectivity index (χ4v) is 3.06. The second-order valence-electron chi connectivity index (χ2n) is 7.86.